The standard InChI is InChI=1S/C18H25N3O5/c1-11-9-13(21(24)25)10-12(2)15(11)19-16(22)14-7-6-8-20(14)17(23)26-18(3,4)5/h9-10,14H,6-8H2,1-5H3,(H,19,22)/t14-/m0/s1. The highest BCUT2D eigenvalue weighted by Gasteiger charge is 2.36. The Bertz CT molecular complexity index is 716. The molecule has 0 spiro atoms. The van der Waals surface area contributed by atoms with E-state index in [2.05, 4.69) is 5.32 Å². The van der Waals surface area contributed by atoms with Crippen LogP contribution < -0.4 is 5.32 Å². The average Bonchev–Trinajstić information content (AvgIpc) is 2.98. The lowest BCUT2D eigenvalue weighted by molar-refractivity contribution is -0.384. The fraction of sp³-hybridized carbons (Fsp3) is 0.556. The quantitative estimate of drug-likeness (QED) is 0.653. The van der Waals surface area contributed by atoms with Gasteiger partial charge in [-0.05, 0) is 58.6 Å². The molecule has 1 fully saturated rings. The van der Waals surface area contributed by atoms with E-state index in [1.54, 1.807) is 34.6 Å². The number of likely N-dealkylation sites (tertiary alicyclic amines) is 1. The lowest BCUT2D eigenvalue weighted by Crippen LogP contribution is -2.45. The Morgan fingerprint density at radius 1 is 1.27 bits per heavy atom. The van der Waals surface area contributed by atoms with Crippen molar-refractivity contribution in [3.63, 3.8) is 0 Å². The number of hydrogen-bond acceptors (Lipinski definition) is 5. The number of aryl methyl sites for hydroxylation is 2. The van der Waals surface area contributed by atoms with Gasteiger partial charge in [0.1, 0.15) is 11.6 Å². The summed E-state index contributed by atoms with van der Waals surface area (Å²) in [4.78, 5) is 37.0. The summed E-state index contributed by atoms with van der Waals surface area (Å²) in [5, 5.41) is 13.8. The van der Waals surface area contributed by atoms with Crippen molar-refractivity contribution in [2.75, 3.05) is 11.9 Å². The molecule has 26 heavy (non-hydrogen) atoms. The summed E-state index contributed by atoms with van der Waals surface area (Å²) in [6.07, 6.45) is 0.762. The number of rotatable bonds is 3. The van der Waals surface area contributed by atoms with Crippen LogP contribution in [0, 0.1) is 24.0 Å². The van der Waals surface area contributed by atoms with Gasteiger partial charge in [-0.1, -0.05) is 0 Å². The molecule has 0 unspecified atom stereocenters. The minimum absolute atomic E-state index is 0.0192. The Balaban J connectivity index is 2.16. The molecule has 8 heteroatoms. The van der Waals surface area contributed by atoms with Crippen LogP contribution in [0.3, 0.4) is 0 Å². The monoisotopic (exact) mass is 363 g/mol. The molecule has 1 aromatic rings. The van der Waals surface area contributed by atoms with Crippen molar-refractivity contribution in [1.29, 1.82) is 0 Å². The summed E-state index contributed by atoms with van der Waals surface area (Å²) in [6, 6.07) is 2.23. The molecular formula is C18H25N3O5. The van der Waals surface area contributed by atoms with Crippen LogP contribution in [0.4, 0.5) is 16.2 Å². The molecule has 8 nitrogen and oxygen atoms in total. The zero-order valence-corrected chi connectivity index (χ0v) is 15.8. The number of carbonyl (C=O) groups excluding carboxylic acids is 2. The van der Waals surface area contributed by atoms with Crippen LogP contribution in [0.5, 0.6) is 0 Å². The molecule has 1 aliphatic heterocycles. The van der Waals surface area contributed by atoms with Gasteiger partial charge in [-0.15, -0.1) is 0 Å². The number of benzene rings is 1. The van der Waals surface area contributed by atoms with Gasteiger partial charge >= 0.3 is 6.09 Å². The molecule has 0 saturated carbocycles. The van der Waals surface area contributed by atoms with Gasteiger partial charge < -0.3 is 10.1 Å². The molecule has 1 heterocycles. The van der Waals surface area contributed by atoms with Gasteiger partial charge in [-0.25, -0.2) is 4.79 Å². The Hall–Kier alpha value is -2.64. The van der Waals surface area contributed by atoms with E-state index in [4.69, 9.17) is 4.74 Å². The highest BCUT2D eigenvalue weighted by atomic mass is 16.6. The van der Waals surface area contributed by atoms with Crippen molar-refractivity contribution >= 4 is 23.4 Å². The number of nitrogens with zero attached hydrogens (tertiary/aromatic N) is 2. The van der Waals surface area contributed by atoms with Gasteiger partial charge in [0.25, 0.3) is 5.69 Å². The first-order valence-electron chi connectivity index (χ1n) is 8.55. The number of anilines is 1. The maximum atomic E-state index is 12.7. The van der Waals surface area contributed by atoms with Crippen LogP contribution in [0.2, 0.25) is 0 Å². The predicted octanol–water partition coefficient (Wildman–Crippen LogP) is 3.55. The molecule has 0 radical (unpaired) electrons. The van der Waals surface area contributed by atoms with Gasteiger partial charge in [0, 0.05) is 24.4 Å². The highest BCUT2D eigenvalue weighted by Crippen LogP contribution is 2.28. The second-order valence-corrected chi connectivity index (χ2v) is 7.53. The number of nitro benzene ring substituents is 1. The van der Waals surface area contributed by atoms with Crippen LogP contribution in [-0.2, 0) is 9.53 Å². The number of amides is 2. The van der Waals surface area contributed by atoms with E-state index >= 15 is 0 Å². The zero-order chi connectivity index (χ0) is 19.6. The summed E-state index contributed by atoms with van der Waals surface area (Å²) >= 11 is 0. The summed E-state index contributed by atoms with van der Waals surface area (Å²) in [5.41, 5.74) is 1.09. The summed E-state index contributed by atoms with van der Waals surface area (Å²) in [7, 11) is 0. The fourth-order valence-corrected chi connectivity index (χ4v) is 3.03. The first-order valence-corrected chi connectivity index (χ1v) is 8.55. The molecule has 2 rings (SSSR count). The maximum absolute atomic E-state index is 12.7. The van der Waals surface area contributed by atoms with E-state index < -0.39 is 22.7 Å². The number of hydrogen-bond donors (Lipinski definition) is 1. The molecule has 1 atom stereocenters. The Kier molecular flexibility index (Phi) is 5.53. The third kappa shape index (κ3) is 4.50. The second kappa shape index (κ2) is 7.31. The van der Waals surface area contributed by atoms with Gasteiger partial charge in [0.2, 0.25) is 5.91 Å². The van der Waals surface area contributed by atoms with E-state index in [9.17, 15) is 19.7 Å². The van der Waals surface area contributed by atoms with Crippen molar-refractivity contribution < 1.29 is 19.2 Å². The van der Waals surface area contributed by atoms with Crippen LogP contribution in [-0.4, -0.2) is 40.0 Å². The highest BCUT2D eigenvalue weighted by molar-refractivity contribution is 5.98. The molecule has 1 saturated heterocycles. The van der Waals surface area contributed by atoms with Crippen LogP contribution >= 0.6 is 0 Å². The Morgan fingerprint density at radius 3 is 2.35 bits per heavy atom. The third-order valence-electron chi connectivity index (χ3n) is 4.16. The zero-order valence-electron chi connectivity index (χ0n) is 15.8. The first kappa shape index (κ1) is 19.7. The van der Waals surface area contributed by atoms with Gasteiger partial charge in [-0.2, -0.15) is 0 Å². The number of nitro groups is 1. The van der Waals surface area contributed by atoms with Crippen molar-refractivity contribution in [2.24, 2.45) is 0 Å². The third-order valence-corrected chi connectivity index (χ3v) is 4.16. The molecule has 0 aromatic heterocycles. The molecule has 1 aromatic carbocycles. The van der Waals surface area contributed by atoms with E-state index in [1.807, 2.05) is 0 Å². The summed E-state index contributed by atoms with van der Waals surface area (Å²) in [5.74, 6) is -0.312. The van der Waals surface area contributed by atoms with Crippen molar-refractivity contribution in [2.45, 2.75) is 59.1 Å². The number of nitrogens with one attached hydrogen (secondary N) is 1. The molecule has 0 bridgehead atoms. The van der Waals surface area contributed by atoms with Crippen LogP contribution in [0.1, 0.15) is 44.7 Å². The number of ether oxygens (including phenoxy) is 1. The van der Waals surface area contributed by atoms with E-state index in [-0.39, 0.29) is 11.6 Å². The second-order valence-electron chi connectivity index (χ2n) is 7.53. The molecule has 142 valence electrons. The largest absolute Gasteiger partial charge is 0.444 e. The summed E-state index contributed by atoms with van der Waals surface area (Å²) in [6.45, 7) is 9.20. The van der Waals surface area contributed by atoms with Crippen molar-refractivity contribution in [1.82, 2.24) is 4.90 Å². The lowest BCUT2D eigenvalue weighted by Gasteiger charge is -2.28. The van der Waals surface area contributed by atoms with Gasteiger partial charge in [0.05, 0.1) is 4.92 Å². The molecule has 0 aliphatic carbocycles. The topological polar surface area (TPSA) is 102 Å². The molecule has 1 aliphatic rings. The lowest BCUT2D eigenvalue weighted by atomic mass is 10.1. The number of non-ortho nitro benzene ring substituents is 1. The SMILES string of the molecule is Cc1cc([N+](=O)[O-])cc(C)c1NC(=O)[C@@H]1CCCN1C(=O)OC(C)(C)C. The average molecular weight is 363 g/mol. The molecule has 2 amide bonds. The van der Waals surface area contributed by atoms with Crippen LogP contribution in [0.15, 0.2) is 12.1 Å². The van der Waals surface area contributed by atoms with E-state index in [1.165, 1.54) is 17.0 Å². The smallest absolute Gasteiger partial charge is 0.410 e. The fourth-order valence-electron chi connectivity index (χ4n) is 3.03. The van der Waals surface area contributed by atoms with E-state index in [0.29, 0.717) is 29.8 Å². The van der Waals surface area contributed by atoms with Crippen LogP contribution in [0.25, 0.3) is 0 Å². The summed E-state index contributed by atoms with van der Waals surface area (Å²) < 4.78 is 5.37. The normalized spacial score (nSPS) is 17.1. The minimum atomic E-state index is -0.633. The Morgan fingerprint density at radius 2 is 1.85 bits per heavy atom. The first-order chi connectivity index (χ1) is 12.0. The predicted molar refractivity (Wildman–Crippen MR) is 97.2 cm³/mol. The molecular weight excluding hydrogens is 338 g/mol. The Labute approximate surface area is 152 Å². The van der Waals surface area contributed by atoms with Gasteiger partial charge in [0.15, 0.2) is 0 Å². The molecule has 1 N–H and O–H groups in total. The van der Waals surface area contributed by atoms with E-state index in [0.717, 1.165) is 6.42 Å². The van der Waals surface area contributed by atoms with Crippen molar-refractivity contribution in [3.8, 4) is 0 Å². The number of carbonyl (C=O) groups is 2. The van der Waals surface area contributed by atoms with Crippen molar-refractivity contribution in [3.05, 3.63) is 33.4 Å². The minimum Gasteiger partial charge on any atom is -0.444 e. The maximum Gasteiger partial charge on any atom is 0.410 e. The van der Waals surface area contributed by atoms with Gasteiger partial charge in [-0.3, -0.25) is 19.8 Å².